The van der Waals surface area contributed by atoms with Gasteiger partial charge in [0.15, 0.2) is 0 Å². The number of nitro groups is 1. The molecule has 2 aromatic carbocycles. The topological polar surface area (TPSA) is 105 Å². The number of halogens is 1. The SMILES string of the molecule is CCOC(=O)C(N)Cc1ccc(Oc2cccc(Cl)c2)c([N+](=O)[O-])c1. The maximum absolute atomic E-state index is 11.6. The van der Waals surface area contributed by atoms with Crippen LogP contribution in [-0.2, 0) is 16.0 Å². The number of benzene rings is 2. The zero-order chi connectivity index (χ0) is 18.4. The van der Waals surface area contributed by atoms with Gasteiger partial charge in [0.1, 0.15) is 11.8 Å². The minimum absolute atomic E-state index is 0.0701. The van der Waals surface area contributed by atoms with Gasteiger partial charge in [0.2, 0.25) is 5.75 Å². The van der Waals surface area contributed by atoms with Gasteiger partial charge in [-0.15, -0.1) is 0 Å². The highest BCUT2D eigenvalue weighted by Crippen LogP contribution is 2.33. The second-order valence-corrected chi connectivity index (χ2v) is 5.62. The summed E-state index contributed by atoms with van der Waals surface area (Å²) in [6.07, 6.45) is 0.122. The van der Waals surface area contributed by atoms with Crippen molar-refractivity contribution in [3.8, 4) is 11.5 Å². The molecule has 0 saturated carbocycles. The molecule has 0 aromatic heterocycles. The van der Waals surface area contributed by atoms with Crippen molar-refractivity contribution in [1.29, 1.82) is 0 Å². The number of rotatable bonds is 7. The molecule has 8 heteroatoms. The van der Waals surface area contributed by atoms with Crippen molar-refractivity contribution in [1.82, 2.24) is 0 Å². The molecule has 0 saturated heterocycles. The first-order valence-electron chi connectivity index (χ1n) is 7.53. The van der Waals surface area contributed by atoms with Crippen molar-refractivity contribution in [3.63, 3.8) is 0 Å². The number of nitrogens with zero attached hydrogens (tertiary/aromatic N) is 1. The van der Waals surface area contributed by atoms with Gasteiger partial charge < -0.3 is 15.2 Å². The highest BCUT2D eigenvalue weighted by molar-refractivity contribution is 6.30. The van der Waals surface area contributed by atoms with E-state index in [9.17, 15) is 14.9 Å². The molecule has 7 nitrogen and oxygen atoms in total. The van der Waals surface area contributed by atoms with Crippen LogP contribution in [0.25, 0.3) is 0 Å². The van der Waals surface area contributed by atoms with Crippen molar-refractivity contribution in [2.45, 2.75) is 19.4 Å². The molecular formula is C17H17ClN2O5. The fourth-order valence-corrected chi connectivity index (χ4v) is 2.34. The predicted molar refractivity (Wildman–Crippen MR) is 92.9 cm³/mol. The molecule has 2 N–H and O–H groups in total. The van der Waals surface area contributed by atoms with E-state index in [4.69, 9.17) is 26.8 Å². The van der Waals surface area contributed by atoms with E-state index in [1.54, 1.807) is 37.3 Å². The average Bonchev–Trinajstić information content (AvgIpc) is 2.56. The molecule has 0 fully saturated rings. The van der Waals surface area contributed by atoms with Gasteiger partial charge >= 0.3 is 11.7 Å². The van der Waals surface area contributed by atoms with Crippen molar-refractivity contribution in [2.75, 3.05) is 6.61 Å². The molecule has 0 aliphatic heterocycles. The second kappa shape index (κ2) is 8.46. The Kier molecular flexibility index (Phi) is 6.32. The quantitative estimate of drug-likeness (QED) is 0.458. The first-order valence-corrected chi connectivity index (χ1v) is 7.91. The summed E-state index contributed by atoms with van der Waals surface area (Å²) >= 11 is 5.88. The van der Waals surface area contributed by atoms with Crippen LogP contribution in [0, 0.1) is 10.1 Å². The molecule has 1 unspecified atom stereocenters. The number of hydrogen-bond donors (Lipinski definition) is 1. The maximum Gasteiger partial charge on any atom is 0.323 e. The summed E-state index contributed by atoms with van der Waals surface area (Å²) < 4.78 is 10.4. The van der Waals surface area contributed by atoms with E-state index in [0.29, 0.717) is 16.3 Å². The van der Waals surface area contributed by atoms with E-state index >= 15 is 0 Å². The maximum atomic E-state index is 11.6. The fraction of sp³-hybridized carbons (Fsp3) is 0.235. The van der Waals surface area contributed by atoms with Crippen molar-refractivity contribution in [2.24, 2.45) is 5.73 Å². The van der Waals surface area contributed by atoms with Gasteiger partial charge in [-0.1, -0.05) is 23.7 Å². The Morgan fingerprint density at radius 2 is 2.08 bits per heavy atom. The molecule has 0 aliphatic carbocycles. The van der Waals surface area contributed by atoms with Gasteiger partial charge in [0, 0.05) is 11.1 Å². The monoisotopic (exact) mass is 364 g/mol. The van der Waals surface area contributed by atoms with Crippen LogP contribution in [0.2, 0.25) is 5.02 Å². The van der Waals surface area contributed by atoms with Crippen LogP contribution < -0.4 is 10.5 Å². The zero-order valence-corrected chi connectivity index (χ0v) is 14.2. The summed E-state index contributed by atoms with van der Waals surface area (Å²) in [5.74, 6) is -0.100. The largest absolute Gasteiger partial charge is 0.465 e. The number of hydrogen-bond acceptors (Lipinski definition) is 6. The molecule has 0 heterocycles. The minimum Gasteiger partial charge on any atom is -0.465 e. The molecule has 0 amide bonds. The first kappa shape index (κ1) is 18.7. The summed E-state index contributed by atoms with van der Waals surface area (Å²) in [5, 5.41) is 11.8. The number of esters is 1. The highest BCUT2D eigenvalue weighted by Gasteiger charge is 2.20. The van der Waals surface area contributed by atoms with Crippen LogP contribution in [0.5, 0.6) is 11.5 Å². The molecule has 2 aromatic rings. The van der Waals surface area contributed by atoms with Crippen LogP contribution in [0.1, 0.15) is 12.5 Å². The van der Waals surface area contributed by atoms with Gasteiger partial charge in [-0.2, -0.15) is 0 Å². The van der Waals surface area contributed by atoms with E-state index in [1.807, 2.05) is 0 Å². The van der Waals surface area contributed by atoms with E-state index in [2.05, 4.69) is 0 Å². The normalized spacial score (nSPS) is 11.6. The van der Waals surface area contributed by atoms with Crippen molar-refractivity contribution in [3.05, 3.63) is 63.2 Å². The van der Waals surface area contributed by atoms with Crippen LogP contribution >= 0.6 is 11.6 Å². The molecule has 0 radical (unpaired) electrons. The van der Waals surface area contributed by atoms with E-state index in [1.165, 1.54) is 12.1 Å². The summed E-state index contributed by atoms with van der Waals surface area (Å²) in [6.45, 7) is 1.90. The number of nitro benzene ring substituents is 1. The lowest BCUT2D eigenvalue weighted by molar-refractivity contribution is -0.385. The summed E-state index contributed by atoms with van der Waals surface area (Å²) in [4.78, 5) is 22.4. The number of carbonyl (C=O) groups excluding carboxylic acids is 1. The molecule has 0 aliphatic rings. The number of nitrogens with two attached hydrogens (primary N) is 1. The van der Waals surface area contributed by atoms with Gasteiger partial charge in [0.05, 0.1) is 11.5 Å². The predicted octanol–water partition coefficient (Wildman–Crippen LogP) is 3.47. The van der Waals surface area contributed by atoms with E-state index in [0.717, 1.165) is 0 Å². The van der Waals surface area contributed by atoms with E-state index in [-0.39, 0.29) is 24.5 Å². The van der Waals surface area contributed by atoms with Gasteiger partial charge in [-0.25, -0.2) is 0 Å². The molecule has 2 rings (SSSR count). The van der Waals surface area contributed by atoms with Gasteiger partial charge in [0.25, 0.3) is 0 Å². The third kappa shape index (κ3) is 5.17. The minimum atomic E-state index is -0.890. The van der Waals surface area contributed by atoms with Crippen molar-refractivity contribution < 1.29 is 19.2 Å². The Bertz CT molecular complexity index is 781. The zero-order valence-electron chi connectivity index (χ0n) is 13.5. The smallest absolute Gasteiger partial charge is 0.323 e. The van der Waals surface area contributed by atoms with Crippen molar-refractivity contribution >= 4 is 23.3 Å². The van der Waals surface area contributed by atoms with Crippen LogP contribution in [0.15, 0.2) is 42.5 Å². The summed E-state index contributed by atoms with van der Waals surface area (Å²) in [6, 6.07) is 10.1. The number of carbonyl (C=O) groups is 1. The third-order valence-corrected chi connectivity index (χ3v) is 3.52. The summed E-state index contributed by atoms with van der Waals surface area (Å²) in [5.41, 5.74) is 6.05. The van der Waals surface area contributed by atoms with Gasteiger partial charge in [-0.3, -0.25) is 14.9 Å². The third-order valence-electron chi connectivity index (χ3n) is 3.29. The lowest BCUT2D eigenvalue weighted by Crippen LogP contribution is -2.34. The fourth-order valence-electron chi connectivity index (χ4n) is 2.16. The summed E-state index contributed by atoms with van der Waals surface area (Å²) in [7, 11) is 0. The first-order chi connectivity index (χ1) is 11.9. The number of ether oxygens (including phenoxy) is 2. The Hall–Kier alpha value is -2.64. The standard InChI is InChI=1S/C17H17ClN2O5/c1-2-24-17(21)14(19)8-11-6-7-16(15(9-11)20(22)23)25-13-5-3-4-12(18)10-13/h3-7,9-10,14H,2,8,19H2,1H3. The van der Waals surface area contributed by atoms with Crippen LogP contribution in [-0.4, -0.2) is 23.5 Å². The van der Waals surface area contributed by atoms with Crippen LogP contribution in [0.3, 0.4) is 0 Å². The molecular weight excluding hydrogens is 348 g/mol. The molecule has 0 spiro atoms. The molecule has 25 heavy (non-hydrogen) atoms. The second-order valence-electron chi connectivity index (χ2n) is 5.18. The highest BCUT2D eigenvalue weighted by atomic mass is 35.5. The average molecular weight is 365 g/mol. The Morgan fingerprint density at radius 3 is 2.72 bits per heavy atom. The Balaban J connectivity index is 2.22. The van der Waals surface area contributed by atoms with Crippen LogP contribution in [0.4, 0.5) is 5.69 Å². The molecule has 1 atom stereocenters. The van der Waals surface area contributed by atoms with E-state index < -0.39 is 16.9 Å². The van der Waals surface area contributed by atoms with Gasteiger partial charge in [-0.05, 0) is 43.2 Å². The lowest BCUT2D eigenvalue weighted by Gasteiger charge is -2.12. The molecule has 0 bridgehead atoms. The lowest BCUT2D eigenvalue weighted by atomic mass is 10.1. The Labute approximate surface area is 149 Å². The molecule has 132 valence electrons. The Morgan fingerprint density at radius 1 is 1.32 bits per heavy atom.